The van der Waals surface area contributed by atoms with Crippen molar-refractivity contribution in [3.63, 3.8) is 0 Å². The number of allylic oxidation sites excluding steroid dienone is 1. The number of carbonyl (C=O) groups excluding carboxylic acids is 1. The molecule has 26 heavy (non-hydrogen) atoms. The summed E-state index contributed by atoms with van der Waals surface area (Å²) in [6.45, 7) is 1.61. The van der Waals surface area contributed by atoms with E-state index in [1.165, 1.54) is 0 Å². The van der Waals surface area contributed by atoms with Gasteiger partial charge in [0.05, 0.1) is 21.3 Å². The Hall–Kier alpha value is -2.75. The lowest BCUT2D eigenvalue weighted by atomic mass is 9.90. The minimum Gasteiger partial charge on any atom is -0.496 e. The number of ether oxygens (including phenoxy) is 3. The molecule has 0 amide bonds. The fourth-order valence-electron chi connectivity index (χ4n) is 2.89. The van der Waals surface area contributed by atoms with Gasteiger partial charge in [-0.15, -0.1) is 0 Å². The normalized spacial score (nSPS) is 12.0. The van der Waals surface area contributed by atoms with Gasteiger partial charge in [0.2, 0.25) is 0 Å². The van der Waals surface area contributed by atoms with E-state index in [1.807, 2.05) is 42.5 Å². The zero-order valence-corrected chi connectivity index (χ0v) is 15.8. The van der Waals surface area contributed by atoms with Crippen molar-refractivity contribution >= 4 is 11.9 Å². The molecule has 0 aliphatic carbocycles. The van der Waals surface area contributed by atoms with Crippen LogP contribution in [0, 0.1) is 0 Å². The summed E-state index contributed by atoms with van der Waals surface area (Å²) in [5.74, 6) is 2.18. The highest BCUT2D eigenvalue weighted by molar-refractivity contribution is 5.75. The summed E-state index contributed by atoms with van der Waals surface area (Å²) in [5.41, 5.74) is 2.02. The van der Waals surface area contributed by atoms with Gasteiger partial charge in [-0.25, -0.2) is 0 Å². The number of Topliss-reactive ketones (excluding diaryl/α,β-unsaturated/α-hetero) is 1. The van der Waals surface area contributed by atoms with Crippen LogP contribution in [0.3, 0.4) is 0 Å². The van der Waals surface area contributed by atoms with Crippen molar-refractivity contribution in [1.82, 2.24) is 0 Å². The number of ketones is 1. The largest absolute Gasteiger partial charge is 0.496 e. The summed E-state index contributed by atoms with van der Waals surface area (Å²) in [4.78, 5) is 11.6. The van der Waals surface area contributed by atoms with Crippen molar-refractivity contribution in [2.24, 2.45) is 0 Å². The van der Waals surface area contributed by atoms with Crippen molar-refractivity contribution in [3.05, 3.63) is 59.7 Å². The van der Waals surface area contributed by atoms with E-state index in [0.717, 1.165) is 11.1 Å². The summed E-state index contributed by atoms with van der Waals surface area (Å²) < 4.78 is 16.5. The fourth-order valence-corrected chi connectivity index (χ4v) is 2.89. The molecular formula is C22H26O4. The molecule has 4 heteroatoms. The lowest BCUT2D eigenvalue weighted by molar-refractivity contribution is -0.117. The lowest BCUT2D eigenvalue weighted by Gasteiger charge is -2.20. The van der Waals surface area contributed by atoms with Crippen molar-refractivity contribution in [2.75, 3.05) is 21.3 Å². The zero-order chi connectivity index (χ0) is 18.9. The first-order valence-electron chi connectivity index (χ1n) is 8.61. The van der Waals surface area contributed by atoms with Crippen molar-refractivity contribution in [2.45, 2.75) is 25.7 Å². The average Bonchev–Trinajstić information content (AvgIpc) is 2.67. The van der Waals surface area contributed by atoms with Gasteiger partial charge in [0.1, 0.15) is 23.0 Å². The van der Waals surface area contributed by atoms with Crippen LogP contribution in [0.2, 0.25) is 0 Å². The van der Waals surface area contributed by atoms with E-state index in [-0.39, 0.29) is 11.7 Å². The first-order valence-corrected chi connectivity index (χ1v) is 8.61. The highest BCUT2D eigenvalue weighted by Gasteiger charge is 2.21. The van der Waals surface area contributed by atoms with E-state index in [4.69, 9.17) is 14.2 Å². The molecule has 1 unspecified atom stereocenters. The SMILES string of the molecule is COc1cc(OC)c(C(/C=C/c2ccccc2)CCC(C)=O)c(OC)c1. The van der Waals surface area contributed by atoms with Gasteiger partial charge in [0.25, 0.3) is 0 Å². The Morgan fingerprint density at radius 1 is 1.00 bits per heavy atom. The second-order valence-electron chi connectivity index (χ2n) is 6.06. The first kappa shape index (κ1) is 19.6. The molecule has 138 valence electrons. The van der Waals surface area contributed by atoms with Gasteiger partial charge in [-0.3, -0.25) is 0 Å². The van der Waals surface area contributed by atoms with E-state index in [9.17, 15) is 4.79 Å². The maximum atomic E-state index is 11.6. The summed E-state index contributed by atoms with van der Waals surface area (Å²) in [7, 11) is 4.86. The van der Waals surface area contributed by atoms with Crippen LogP contribution in [0.25, 0.3) is 6.08 Å². The molecule has 0 N–H and O–H groups in total. The standard InChI is InChI=1S/C22H26O4/c1-16(23)10-12-18(13-11-17-8-6-5-7-9-17)22-20(25-3)14-19(24-2)15-21(22)26-4/h5-9,11,13-15,18H,10,12H2,1-4H3/b13-11+. The third kappa shape index (κ3) is 5.12. The Morgan fingerprint density at radius 2 is 1.62 bits per heavy atom. The number of hydrogen-bond donors (Lipinski definition) is 0. The molecule has 0 saturated heterocycles. The highest BCUT2D eigenvalue weighted by Crippen LogP contribution is 2.41. The molecule has 0 spiro atoms. The predicted octanol–water partition coefficient (Wildman–Crippen LogP) is 4.88. The first-order chi connectivity index (χ1) is 12.6. The third-order valence-electron chi connectivity index (χ3n) is 4.25. The molecule has 0 heterocycles. The summed E-state index contributed by atoms with van der Waals surface area (Å²) in [6.07, 6.45) is 5.33. The van der Waals surface area contributed by atoms with Gasteiger partial charge in [-0.2, -0.15) is 0 Å². The maximum Gasteiger partial charge on any atom is 0.130 e. The third-order valence-corrected chi connectivity index (χ3v) is 4.25. The topological polar surface area (TPSA) is 44.8 Å². The number of rotatable bonds is 9. The van der Waals surface area contributed by atoms with E-state index in [1.54, 1.807) is 28.3 Å². The minimum absolute atomic E-state index is 0.0186. The Balaban J connectivity index is 2.46. The molecular weight excluding hydrogens is 328 g/mol. The molecule has 0 fully saturated rings. The van der Waals surface area contributed by atoms with Gasteiger partial charge in [-0.05, 0) is 18.9 Å². The Morgan fingerprint density at radius 3 is 2.12 bits per heavy atom. The molecule has 0 saturated carbocycles. The fraction of sp³-hybridized carbons (Fsp3) is 0.318. The summed E-state index contributed by atoms with van der Waals surface area (Å²) in [6, 6.07) is 13.8. The molecule has 0 radical (unpaired) electrons. The van der Waals surface area contributed by atoms with Gasteiger partial charge in [-0.1, -0.05) is 42.5 Å². The van der Waals surface area contributed by atoms with Crippen molar-refractivity contribution in [3.8, 4) is 17.2 Å². The van der Waals surface area contributed by atoms with Crippen LogP contribution >= 0.6 is 0 Å². The van der Waals surface area contributed by atoms with Crippen LogP contribution in [0.1, 0.15) is 36.8 Å². The quantitative estimate of drug-likeness (QED) is 0.644. The molecule has 2 rings (SSSR count). The van der Waals surface area contributed by atoms with Crippen LogP contribution in [-0.4, -0.2) is 27.1 Å². The monoisotopic (exact) mass is 354 g/mol. The van der Waals surface area contributed by atoms with Crippen LogP contribution in [0.4, 0.5) is 0 Å². The molecule has 0 bridgehead atoms. The van der Waals surface area contributed by atoms with Crippen LogP contribution in [0.5, 0.6) is 17.2 Å². The Labute approximate surface area is 155 Å². The van der Waals surface area contributed by atoms with Crippen LogP contribution in [-0.2, 0) is 4.79 Å². The summed E-state index contributed by atoms with van der Waals surface area (Å²) >= 11 is 0. The van der Waals surface area contributed by atoms with Crippen molar-refractivity contribution in [1.29, 1.82) is 0 Å². The molecule has 4 nitrogen and oxygen atoms in total. The number of carbonyl (C=O) groups is 1. The zero-order valence-electron chi connectivity index (χ0n) is 15.8. The van der Waals surface area contributed by atoms with E-state index in [2.05, 4.69) is 12.2 Å². The van der Waals surface area contributed by atoms with Crippen LogP contribution in [0.15, 0.2) is 48.5 Å². The molecule has 0 aromatic heterocycles. The second-order valence-corrected chi connectivity index (χ2v) is 6.06. The van der Waals surface area contributed by atoms with Gasteiger partial charge >= 0.3 is 0 Å². The molecule has 0 aliphatic heterocycles. The summed E-state index contributed by atoms with van der Waals surface area (Å²) in [5, 5.41) is 0. The molecule has 2 aromatic carbocycles. The number of benzene rings is 2. The smallest absolute Gasteiger partial charge is 0.130 e. The maximum absolute atomic E-state index is 11.6. The van der Waals surface area contributed by atoms with Gasteiger partial charge < -0.3 is 19.0 Å². The van der Waals surface area contributed by atoms with Crippen LogP contribution < -0.4 is 14.2 Å². The Kier molecular flexibility index (Phi) is 7.27. The van der Waals surface area contributed by atoms with E-state index >= 15 is 0 Å². The number of hydrogen-bond acceptors (Lipinski definition) is 4. The average molecular weight is 354 g/mol. The lowest BCUT2D eigenvalue weighted by Crippen LogP contribution is -2.05. The second kappa shape index (κ2) is 9.66. The highest BCUT2D eigenvalue weighted by atomic mass is 16.5. The molecule has 2 aromatic rings. The van der Waals surface area contributed by atoms with Gasteiger partial charge in [0, 0.05) is 30.0 Å². The number of methoxy groups -OCH3 is 3. The molecule has 1 atom stereocenters. The minimum atomic E-state index is -0.0186. The Bertz CT molecular complexity index is 725. The van der Waals surface area contributed by atoms with E-state index < -0.39 is 0 Å². The molecule has 0 aliphatic rings. The van der Waals surface area contributed by atoms with Crippen molar-refractivity contribution < 1.29 is 19.0 Å². The van der Waals surface area contributed by atoms with Gasteiger partial charge in [0.15, 0.2) is 0 Å². The predicted molar refractivity (Wildman–Crippen MR) is 104 cm³/mol. The van der Waals surface area contributed by atoms with E-state index in [0.29, 0.717) is 30.1 Å².